The maximum Gasteiger partial charge on any atom is 0.524 e. The van der Waals surface area contributed by atoms with Crippen molar-refractivity contribution in [3.8, 4) is 0 Å². The fourth-order valence-electron chi connectivity index (χ4n) is 1.83. The van der Waals surface area contributed by atoms with E-state index >= 15 is 0 Å². The van der Waals surface area contributed by atoms with E-state index < -0.39 is 14.8 Å². The van der Waals surface area contributed by atoms with Crippen LogP contribution in [0.3, 0.4) is 0 Å². The van der Waals surface area contributed by atoms with Crippen molar-refractivity contribution >= 4 is 14.8 Å². The van der Waals surface area contributed by atoms with Crippen molar-refractivity contribution in [1.29, 1.82) is 0 Å². The highest BCUT2D eigenvalue weighted by Crippen LogP contribution is 2.19. The lowest BCUT2D eigenvalue weighted by molar-refractivity contribution is 0.0579. The number of hydrogen-bond donors (Lipinski definition) is 2. The van der Waals surface area contributed by atoms with Crippen LogP contribution in [0.1, 0.15) is 40.5 Å². The number of nitrogens with one attached hydrogen (secondary N) is 1. The highest BCUT2D eigenvalue weighted by molar-refractivity contribution is 6.62. The normalized spacial score (nSPS) is 13.3. The third kappa shape index (κ3) is 5.34. The molecule has 3 N–H and O–H groups in total. The van der Waals surface area contributed by atoms with Gasteiger partial charge in [-0.25, -0.2) is 4.79 Å². The van der Waals surface area contributed by atoms with E-state index in [0.29, 0.717) is 19.8 Å². The molecule has 1 unspecified atom stereocenters. The summed E-state index contributed by atoms with van der Waals surface area (Å²) in [6.07, 6.45) is 1.60. The zero-order valence-electron chi connectivity index (χ0n) is 11.8. The Morgan fingerprint density at radius 3 is 1.83 bits per heavy atom. The summed E-state index contributed by atoms with van der Waals surface area (Å²) in [6.45, 7) is 9.11. The lowest BCUT2D eigenvalue weighted by Gasteiger charge is -2.35. The van der Waals surface area contributed by atoms with Gasteiger partial charge >= 0.3 is 14.8 Å². The van der Waals surface area contributed by atoms with Gasteiger partial charge in [0.05, 0.1) is 0 Å². The first-order valence-corrected chi connectivity index (χ1v) is 8.34. The molecule has 0 aromatic carbocycles. The van der Waals surface area contributed by atoms with Crippen molar-refractivity contribution < 1.29 is 18.1 Å². The van der Waals surface area contributed by atoms with Gasteiger partial charge in [0.15, 0.2) is 0 Å². The molecule has 7 heteroatoms. The maximum absolute atomic E-state index is 11.1. The van der Waals surface area contributed by atoms with Gasteiger partial charge in [-0.05, 0) is 27.2 Å². The molecule has 6 nitrogen and oxygen atoms in total. The third-order valence-electron chi connectivity index (χ3n) is 2.36. The monoisotopic (exact) mass is 278 g/mol. The van der Waals surface area contributed by atoms with Crippen LogP contribution in [-0.2, 0) is 13.3 Å². The van der Waals surface area contributed by atoms with Crippen molar-refractivity contribution in [3.05, 3.63) is 0 Å². The second-order valence-electron chi connectivity index (χ2n) is 3.75. The lowest BCUT2D eigenvalue weighted by Crippen LogP contribution is -2.63. The van der Waals surface area contributed by atoms with E-state index in [-0.39, 0.29) is 5.67 Å². The SMILES string of the molecule is CCCC(NC(N)=O)[Si](OCC)(OCC)OCC. The summed E-state index contributed by atoms with van der Waals surface area (Å²) in [7, 11) is -2.92. The van der Waals surface area contributed by atoms with Gasteiger partial charge in [-0.3, -0.25) is 0 Å². The molecule has 108 valence electrons. The van der Waals surface area contributed by atoms with Crippen molar-refractivity contribution in [2.45, 2.75) is 46.2 Å². The number of urea groups is 1. The summed E-state index contributed by atoms with van der Waals surface area (Å²) in [6, 6.07) is -0.579. The fraction of sp³-hybridized carbons (Fsp3) is 0.909. The number of carbonyl (C=O) groups is 1. The number of nitrogens with two attached hydrogens (primary N) is 1. The first-order chi connectivity index (χ1) is 8.56. The van der Waals surface area contributed by atoms with Crippen LogP contribution in [0.4, 0.5) is 4.79 Å². The molecule has 0 aliphatic carbocycles. The molecule has 0 aromatic heterocycles. The fourth-order valence-corrected chi connectivity index (χ4v) is 4.85. The molecule has 0 aliphatic rings. The van der Waals surface area contributed by atoms with Crippen LogP contribution < -0.4 is 11.1 Å². The van der Waals surface area contributed by atoms with E-state index in [1.807, 2.05) is 27.7 Å². The van der Waals surface area contributed by atoms with Gasteiger partial charge < -0.3 is 24.3 Å². The number of carbonyl (C=O) groups excluding carboxylic acids is 1. The van der Waals surface area contributed by atoms with Crippen molar-refractivity contribution in [2.75, 3.05) is 19.8 Å². The van der Waals surface area contributed by atoms with E-state index in [2.05, 4.69) is 5.32 Å². The van der Waals surface area contributed by atoms with E-state index in [1.165, 1.54) is 0 Å². The van der Waals surface area contributed by atoms with Crippen LogP contribution >= 0.6 is 0 Å². The van der Waals surface area contributed by atoms with Crippen LogP contribution in [0.15, 0.2) is 0 Å². The van der Waals surface area contributed by atoms with Crippen molar-refractivity contribution in [3.63, 3.8) is 0 Å². The topological polar surface area (TPSA) is 82.8 Å². The first kappa shape index (κ1) is 17.4. The minimum absolute atomic E-state index is 0.292. The minimum Gasteiger partial charge on any atom is -0.373 e. The Bertz CT molecular complexity index is 224. The van der Waals surface area contributed by atoms with E-state index in [4.69, 9.17) is 19.0 Å². The van der Waals surface area contributed by atoms with E-state index in [1.54, 1.807) is 0 Å². The second kappa shape index (κ2) is 9.32. The van der Waals surface area contributed by atoms with E-state index in [0.717, 1.165) is 12.8 Å². The zero-order chi connectivity index (χ0) is 14.0. The number of amides is 2. The van der Waals surface area contributed by atoms with Gasteiger partial charge in [0, 0.05) is 19.8 Å². The van der Waals surface area contributed by atoms with Crippen molar-refractivity contribution in [2.24, 2.45) is 5.73 Å². The van der Waals surface area contributed by atoms with Crippen LogP contribution in [0, 0.1) is 0 Å². The molecule has 0 spiro atoms. The van der Waals surface area contributed by atoms with Gasteiger partial charge in [-0.2, -0.15) is 0 Å². The smallest absolute Gasteiger partial charge is 0.373 e. The largest absolute Gasteiger partial charge is 0.524 e. The van der Waals surface area contributed by atoms with Gasteiger partial charge in [0.25, 0.3) is 0 Å². The standard InChI is InChI=1S/C11H26N2O4Si/c1-5-9-10(13-11(12)14)18(15-6-2,16-7-3)17-8-4/h10H,5-9H2,1-4H3,(H3,12,13,14). The molecule has 0 saturated carbocycles. The Kier molecular flexibility index (Phi) is 8.99. The zero-order valence-corrected chi connectivity index (χ0v) is 12.8. The first-order valence-electron chi connectivity index (χ1n) is 6.54. The third-order valence-corrected chi connectivity index (χ3v) is 5.72. The maximum atomic E-state index is 11.1. The molecule has 2 amide bonds. The Morgan fingerprint density at radius 2 is 1.56 bits per heavy atom. The van der Waals surface area contributed by atoms with Gasteiger partial charge in [0.2, 0.25) is 0 Å². The predicted molar refractivity (Wildman–Crippen MR) is 72.0 cm³/mol. The molecule has 0 aromatic rings. The number of rotatable bonds is 10. The molecule has 18 heavy (non-hydrogen) atoms. The van der Waals surface area contributed by atoms with Crippen LogP contribution in [0.25, 0.3) is 0 Å². The van der Waals surface area contributed by atoms with Crippen molar-refractivity contribution in [1.82, 2.24) is 5.32 Å². The molecule has 1 atom stereocenters. The summed E-state index contributed by atoms with van der Waals surface area (Å²) in [4.78, 5) is 11.1. The molecule has 0 fully saturated rings. The summed E-state index contributed by atoms with van der Waals surface area (Å²) >= 11 is 0. The Labute approximate surface area is 111 Å². The Hall–Kier alpha value is -0.633. The highest BCUT2D eigenvalue weighted by atomic mass is 28.4. The highest BCUT2D eigenvalue weighted by Gasteiger charge is 2.49. The molecular formula is C11H26N2O4Si. The van der Waals surface area contributed by atoms with E-state index in [9.17, 15) is 4.79 Å². The summed E-state index contributed by atoms with van der Waals surface area (Å²) in [5, 5.41) is 2.70. The van der Waals surface area contributed by atoms with Gasteiger partial charge in [-0.15, -0.1) is 0 Å². The molecule has 0 bridgehead atoms. The van der Waals surface area contributed by atoms with Crippen LogP contribution in [0.2, 0.25) is 0 Å². The summed E-state index contributed by atoms with van der Waals surface area (Å²) < 4.78 is 17.3. The Balaban J connectivity index is 5.06. The number of hydrogen-bond acceptors (Lipinski definition) is 4. The average Bonchev–Trinajstić information content (AvgIpc) is 2.29. The predicted octanol–water partition coefficient (Wildman–Crippen LogP) is 1.41. The minimum atomic E-state index is -2.92. The van der Waals surface area contributed by atoms with Crippen LogP contribution in [-0.4, -0.2) is 40.3 Å². The molecule has 0 radical (unpaired) electrons. The molecule has 0 heterocycles. The Morgan fingerprint density at radius 1 is 1.11 bits per heavy atom. The molecular weight excluding hydrogens is 252 g/mol. The molecule has 0 saturated heterocycles. The van der Waals surface area contributed by atoms with Gasteiger partial charge in [0.1, 0.15) is 5.67 Å². The molecule has 0 aliphatic heterocycles. The van der Waals surface area contributed by atoms with Crippen LogP contribution in [0.5, 0.6) is 0 Å². The molecule has 0 rings (SSSR count). The second-order valence-corrected chi connectivity index (χ2v) is 6.52. The lowest BCUT2D eigenvalue weighted by atomic mass is 10.3. The van der Waals surface area contributed by atoms with Gasteiger partial charge in [-0.1, -0.05) is 13.3 Å². The number of primary amides is 1. The summed E-state index contributed by atoms with van der Waals surface area (Å²) in [5.74, 6) is 0. The quantitative estimate of drug-likeness (QED) is 0.592. The summed E-state index contributed by atoms with van der Waals surface area (Å²) in [5.41, 5.74) is 4.92. The average molecular weight is 278 g/mol.